The van der Waals surface area contributed by atoms with Crippen molar-refractivity contribution in [3.05, 3.63) is 34.9 Å². The van der Waals surface area contributed by atoms with Crippen LogP contribution in [-0.2, 0) is 4.79 Å². The largest absolute Gasteiger partial charge is 0.393 e. The minimum atomic E-state index is -0.341. The SMILES string of the molecule is O=C(CNC(=O)c1cccc(Cl)c1)NC1CC(O)C1. The molecule has 0 spiro atoms. The molecule has 5 nitrogen and oxygen atoms in total. The van der Waals surface area contributed by atoms with Crippen molar-refractivity contribution in [2.45, 2.75) is 25.0 Å². The molecule has 0 atom stereocenters. The van der Waals surface area contributed by atoms with Gasteiger partial charge in [-0.2, -0.15) is 0 Å². The van der Waals surface area contributed by atoms with Gasteiger partial charge in [0.15, 0.2) is 0 Å². The molecular weight excluding hydrogens is 268 g/mol. The third-order valence-corrected chi connectivity index (χ3v) is 3.21. The second kappa shape index (κ2) is 6.04. The van der Waals surface area contributed by atoms with Gasteiger partial charge in [-0.15, -0.1) is 0 Å². The van der Waals surface area contributed by atoms with Crippen LogP contribution in [0.3, 0.4) is 0 Å². The van der Waals surface area contributed by atoms with Gasteiger partial charge in [0.05, 0.1) is 12.6 Å². The highest BCUT2D eigenvalue weighted by Gasteiger charge is 2.28. The van der Waals surface area contributed by atoms with Gasteiger partial charge < -0.3 is 15.7 Å². The lowest BCUT2D eigenvalue weighted by Crippen LogP contribution is -2.49. The summed E-state index contributed by atoms with van der Waals surface area (Å²) in [5.74, 6) is -0.599. The van der Waals surface area contributed by atoms with Crippen molar-refractivity contribution in [2.24, 2.45) is 0 Å². The van der Waals surface area contributed by atoms with Crippen molar-refractivity contribution in [3.63, 3.8) is 0 Å². The summed E-state index contributed by atoms with van der Waals surface area (Å²) >= 11 is 5.78. The molecule has 1 aromatic carbocycles. The summed E-state index contributed by atoms with van der Waals surface area (Å²) in [6.07, 6.45) is 0.841. The molecule has 2 amide bonds. The summed E-state index contributed by atoms with van der Waals surface area (Å²) in [4.78, 5) is 23.3. The number of halogens is 1. The fourth-order valence-electron chi connectivity index (χ4n) is 1.88. The Hall–Kier alpha value is -1.59. The van der Waals surface area contributed by atoms with E-state index in [0.29, 0.717) is 23.4 Å². The Labute approximate surface area is 116 Å². The Morgan fingerprint density at radius 3 is 2.74 bits per heavy atom. The fourth-order valence-corrected chi connectivity index (χ4v) is 2.07. The van der Waals surface area contributed by atoms with Crippen molar-refractivity contribution in [2.75, 3.05) is 6.54 Å². The lowest BCUT2D eigenvalue weighted by atomic mass is 9.89. The van der Waals surface area contributed by atoms with E-state index in [-0.39, 0.29) is 30.5 Å². The standard InChI is InChI=1S/C13H15ClN2O3/c14-9-3-1-2-8(4-9)13(19)15-7-12(18)16-10-5-11(17)6-10/h1-4,10-11,17H,5-7H2,(H,15,19)(H,16,18). The molecule has 6 heteroatoms. The van der Waals surface area contributed by atoms with Crippen molar-refractivity contribution in [1.29, 1.82) is 0 Å². The molecule has 0 saturated heterocycles. The third kappa shape index (κ3) is 3.94. The third-order valence-electron chi connectivity index (χ3n) is 2.97. The van der Waals surface area contributed by atoms with Gasteiger partial charge in [0, 0.05) is 16.6 Å². The van der Waals surface area contributed by atoms with Gasteiger partial charge in [-0.3, -0.25) is 9.59 Å². The minimum absolute atomic E-state index is 0.0190. The van der Waals surface area contributed by atoms with Crippen molar-refractivity contribution in [1.82, 2.24) is 10.6 Å². The highest BCUT2D eigenvalue weighted by Crippen LogP contribution is 2.18. The maximum Gasteiger partial charge on any atom is 0.251 e. The predicted octanol–water partition coefficient (Wildman–Crippen LogP) is 0.709. The van der Waals surface area contributed by atoms with Crippen molar-refractivity contribution >= 4 is 23.4 Å². The average molecular weight is 283 g/mol. The number of carbonyl (C=O) groups is 2. The quantitative estimate of drug-likeness (QED) is 0.761. The molecular formula is C13H15ClN2O3. The van der Waals surface area contributed by atoms with E-state index in [1.165, 1.54) is 6.07 Å². The Kier molecular flexibility index (Phi) is 4.39. The fraction of sp³-hybridized carbons (Fsp3) is 0.385. The number of amides is 2. The van der Waals surface area contributed by atoms with Crippen LogP contribution < -0.4 is 10.6 Å². The molecule has 1 aliphatic carbocycles. The molecule has 0 aromatic heterocycles. The van der Waals surface area contributed by atoms with Crippen LogP contribution in [-0.4, -0.2) is 35.6 Å². The number of benzene rings is 1. The summed E-state index contributed by atoms with van der Waals surface area (Å²) < 4.78 is 0. The van der Waals surface area contributed by atoms with Gasteiger partial charge in [-0.25, -0.2) is 0 Å². The highest BCUT2D eigenvalue weighted by atomic mass is 35.5. The number of nitrogens with one attached hydrogen (secondary N) is 2. The molecule has 0 aliphatic heterocycles. The Balaban J connectivity index is 1.75. The first kappa shape index (κ1) is 13.8. The molecule has 1 fully saturated rings. The first-order chi connectivity index (χ1) is 9.04. The molecule has 3 N–H and O–H groups in total. The van der Waals surface area contributed by atoms with E-state index in [2.05, 4.69) is 10.6 Å². The number of aliphatic hydroxyl groups excluding tert-OH is 1. The van der Waals surface area contributed by atoms with Gasteiger partial charge in [0.2, 0.25) is 5.91 Å². The van der Waals surface area contributed by atoms with Crippen LogP contribution in [0, 0.1) is 0 Å². The number of hydrogen-bond acceptors (Lipinski definition) is 3. The van der Waals surface area contributed by atoms with Gasteiger partial charge >= 0.3 is 0 Å². The summed E-state index contributed by atoms with van der Waals surface area (Å²) in [6.45, 7) is -0.0854. The Morgan fingerprint density at radius 1 is 1.37 bits per heavy atom. The van der Waals surface area contributed by atoms with Gasteiger partial charge in [0.25, 0.3) is 5.91 Å². The van der Waals surface area contributed by atoms with Crippen LogP contribution in [0.15, 0.2) is 24.3 Å². The molecule has 102 valence electrons. The second-order valence-electron chi connectivity index (χ2n) is 4.58. The number of aliphatic hydroxyl groups is 1. The van der Waals surface area contributed by atoms with Gasteiger partial charge in [-0.1, -0.05) is 17.7 Å². The molecule has 2 rings (SSSR count). The van der Waals surface area contributed by atoms with E-state index in [0.717, 1.165) is 0 Å². The number of carbonyl (C=O) groups excluding carboxylic acids is 2. The highest BCUT2D eigenvalue weighted by molar-refractivity contribution is 6.30. The van der Waals surface area contributed by atoms with E-state index in [1.54, 1.807) is 18.2 Å². The van der Waals surface area contributed by atoms with Crippen molar-refractivity contribution in [3.8, 4) is 0 Å². The van der Waals surface area contributed by atoms with Gasteiger partial charge in [0.1, 0.15) is 0 Å². The van der Waals surface area contributed by atoms with Crippen LogP contribution in [0.5, 0.6) is 0 Å². The van der Waals surface area contributed by atoms with E-state index in [4.69, 9.17) is 16.7 Å². The monoisotopic (exact) mass is 282 g/mol. The normalized spacial score (nSPS) is 21.4. The first-order valence-electron chi connectivity index (χ1n) is 6.06. The summed E-state index contributed by atoms with van der Waals surface area (Å²) in [6, 6.07) is 6.53. The Bertz CT molecular complexity index is 487. The van der Waals surface area contributed by atoms with E-state index in [9.17, 15) is 9.59 Å². The van der Waals surface area contributed by atoms with Crippen LogP contribution in [0.4, 0.5) is 0 Å². The van der Waals surface area contributed by atoms with Gasteiger partial charge in [-0.05, 0) is 31.0 Å². The molecule has 0 unspecified atom stereocenters. The molecule has 0 bridgehead atoms. The zero-order valence-electron chi connectivity index (χ0n) is 10.2. The Morgan fingerprint density at radius 2 is 2.11 bits per heavy atom. The summed E-state index contributed by atoms with van der Waals surface area (Å²) in [5, 5.41) is 14.8. The van der Waals surface area contributed by atoms with E-state index < -0.39 is 0 Å². The lowest BCUT2D eigenvalue weighted by molar-refractivity contribution is -0.122. The van der Waals surface area contributed by atoms with Crippen LogP contribution >= 0.6 is 11.6 Å². The van der Waals surface area contributed by atoms with Crippen LogP contribution in [0.2, 0.25) is 5.02 Å². The summed E-state index contributed by atoms with van der Waals surface area (Å²) in [7, 11) is 0. The van der Waals surface area contributed by atoms with Crippen molar-refractivity contribution < 1.29 is 14.7 Å². The number of rotatable bonds is 4. The lowest BCUT2D eigenvalue weighted by Gasteiger charge is -2.31. The molecule has 1 aliphatic rings. The number of hydrogen-bond donors (Lipinski definition) is 3. The topological polar surface area (TPSA) is 78.4 Å². The minimum Gasteiger partial charge on any atom is -0.393 e. The molecule has 1 aromatic rings. The van der Waals surface area contributed by atoms with E-state index in [1.807, 2.05) is 0 Å². The maximum atomic E-state index is 11.7. The predicted molar refractivity (Wildman–Crippen MR) is 71.0 cm³/mol. The maximum absolute atomic E-state index is 11.7. The molecule has 0 heterocycles. The van der Waals surface area contributed by atoms with Crippen LogP contribution in [0.1, 0.15) is 23.2 Å². The smallest absolute Gasteiger partial charge is 0.251 e. The zero-order chi connectivity index (χ0) is 13.8. The molecule has 0 radical (unpaired) electrons. The second-order valence-corrected chi connectivity index (χ2v) is 5.02. The average Bonchev–Trinajstić information content (AvgIpc) is 2.34. The first-order valence-corrected chi connectivity index (χ1v) is 6.43. The van der Waals surface area contributed by atoms with E-state index >= 15 is 0 Å². The van der Waals surface area contributed by atoms with Crippen LogP contribution in [0.25, 0.3) is 0 Å². The molecule has 19 heavy (non-hydrogen) atoms. The zero-order valence-corrected chi connectivity index (χ0v) is 11.0. The summed E-state index contributed by atoms with van der Waals surface area (Å²) in [5.41, 5.74) is 0.416. The molecule has 1 saturated carbocycles.